The zero-order valence-corrected chi connectivity index (χ0v) is 13.8. The number of hydrogen-bond acceptors (Lipinski definition) is 4. The molecule has 1 atom stereocenters. The number of benzene rings is 1. The standard InChI is InChI=1S/C15H18BrN3O2/c1-4-21-15(20)14(13-9(2)18-19-10(13)3)17-12-8-6-5-7-11(12)16/h5-8,14,17H,4H2,1-3H3,(H,18,19). The normalized spacial score (nSPS) is 12.0. The van der Waals surface area contributed by atoms with Crippen molar-refractivity contribution in [3.05, 3.63) is 45.7 Å². The first-order valence-electron chi connectivity index (χ1n) is 6.73. The molecule has 0 spiro atoms. The van der Waals surface area contributed by atoms with E-state index in [0.717, 1.165) is 27.1 Å². The number of aryl methyl sites for hydroxylation is 2. The lowest BCUT2D eigenvalue weighted by molar-refractivity contribution is -0.144. The number of carbonyl (C=O) groups is 1. The quantitative estimate of drug-likeness (QED) is 0.809. The van der Waals surface area contributed by atoms with Crippen LogP contribution in [0.2, 0.25) is 0 Å². The molecule has 0 amide bonds. The maximum Gasteiger partial charge on any atom is 0.333 e. The highest BCUT2D eigenvalue weighted by atomic mass is 79.9. The van der Waals surface area contributed by atoms with E-state index in [2.05, 4.69) is 31.4 Å². The van der Waals surface area contributed by atoms with Gasteiger partial charge in [0, 0.05) is 21.4 Å². The molecule has 2 rings (SSSR count). The minimum Gasteiger partial charge on any atom is -0.464 e. The number of halogens is 1. The van der Waals surface area contributed by atoms with Gasteiger partial charge in [-0.1, -0.05) is 12.1 Å². The van der Waals surface area contributed by atoms with E-state index in [1.54, 1.807) is 6.92 Å². The van der Waals surface area contributed by atoms with E-state index < -0.39 is 6.04 Å². The molecule has 1 heterocycles. The summed E-state index contributed by atoms with van der Waals surface area (Å²) in [6.07, 6.45) is 0. The van der Waals surface area contributed by atoms with E-state index >= 15 is 0 Å². The average molecular weight is 352 g/mol. The topological polar surface area (TPSA) is 67.0 Å². The van der Waals surface area contributed by atoms with Crippen molar-refractivity contribution in [3.63, 3.8) is 0 Å². The third-order valence-electron chi connectivity index (χ3n) is 3.17. The molecule has 2 N–H and O–H groups in total. The second-order valence-corrected chi connectivity index (χ2v) is 5.51. The third-order valence-corrected chi connectivity index (χ3v) is 3.86. The molecule has 1 aromatic heterocycles. The van der Waals surface area contributed by atoms with Crippen LogP contribution in [0.25, 0.3) is 0 Å². The largest absolute Gasteiger partial charge is 0.464 e. The van der Waals surface area contributed by atoms with Gasteiger partial charge >= 0.3 is 5.97 Å². The van der Waals surface area contributed by atoms with Crippen molar-refractivity contribution in [1.29, 1.82) is 0 Å². The van der Waals surface area contributed by atoms with Crippen molar-refractivity contribution in [3.8, 4) is 0 Å². The van der Waals surface area contributed by atoms with Crippen molar-refractivity contribution in [2.45, 2.75) is 26.8 Å². The number of ether oxygens (including phenoxy) is 1. The Labute approximate surface area is 132 Å². The minimum absolute atomic E-state index is 0.319. The van der Waals surface area contributed by atoms with Crippen molar-refractivity contribution in [2.75, 3.05) is 11.9 Å². The summed E-state index contributed by atoms with van der Waals surface area (Å²) >= 11 is 3.48. The van der Waals surface area contributed by atoms with Gasteiger partial charge in [-0.2, -0.15) is 5.10 Å². The van der Waals surface area contributed by atoms with Crippen molar-refractivity contribution in [1.82, 2.24) is 10.2 Å². The number of hydrogen-bond donors (Lipinski definition) is 2. The molecular weight excluding hydrogens is 334 g/mol. The van der Waals surface area contributed by atoms with Gasteiger partial charge in [0.1, 0.15) is 0 Å². The molecule has 112 valence electrons. The van der Waals surface area contributed by atoms with Gasteiger partial charge < -0.3 is 10.1 Å². The van der Waals surface area contributed by atoms with Gasteiger partial charge in [-0.3, -0.25) is 5.10 Å². The SMILES string of the molecule is CCOC(=O)C(Nc1ccccc1Br)c1c(C)n[nH]c1C. The predicted molar refractivity (Wildman–Crippen MR) is 85.2 cm³/mol. The average Bonchev–Trinajstić information content (AvgIpc) is 2.78. The molecule has 0 radical (unpaired) electrons. The van der Waals surface area contributed by atoms with Gasteiger partial charge in [-0.25, -0.2) is 4.79 Å². The van der Waals surface area contributed by atoms with Gasteiger partial charge in [0.25, 0.3) is 0 Å². The monoisotopic (exact) mass is 351 g/mol. The molecule has 1 aromatic carbocycles. The summed E-state index contributed by atoms with van der Waals surface area (Å²) in [7, 11) is 0. The Kier molecular flexibility index (Phi) is 5.01. The number of anilines is 1. The lowest BCUT2D eigenvalue weighted by Gasteiger charge is -2.19. The van der Waals surface area contributed by atoms with Crippen molar-refractivity contribution >= 4 is 27.6 Å². The van der Waals surface area contributed by atoms with Gasteiger partial charge in [-0.05, 0) is 48.8 Å². The van der Waals surface area contributed by atoms with Crippen LogP contribution < -0.4 is 5.32 Å². The first-order chi connectivity index (χ1) is 10.0. The lowest BCUT2D eigenvalue weighted by atomic mass is 10.0. The van der Waals surface area contributed by atoms with E-state index in [9.17, 15) is 4.79 Å². The molecule has 0 saturated carbocycles. The zero-order chi connectivity index (χ0) is 15.4. The molecule has 0 aliphatic rings. The summed E-state index contributed by atoms with van der Waals surface area (Å²) in [6, 6.07) is 7.05. The number of aromatic amines is 1. The van der Waals surface area contributed by atoms with Crippen LogP contribution >= 0.6 is 15.9 Å². The van der Waals surface area contributed by atoms with Crippen LogP contribution in [0.3, 0.4) is 0 Å². The Bertz CT molecular complexity index is 620. The molecule has 0 bridgehead atoms. The van der Waals surface area contributed by atoms with Crippen molar-refractivity contribution in [2.24, 2.45) is 0 Å². The van der Waals surface area contributed by atoms with Gasteiger partial charge in [-0.15, -0.1) is 0 Å². The molecule has 6 heteroatoms. The molecule has 0 fully saturated rings. The summed E-state index contributed by atoms with van der Waals surface area (Å²) in [5.74, 6) is -0.319. The van der Waals surface area contributed by atoms with Gasteiger partial charge in [0.2, 0.25) is 0 Å². The van der Waals surface area contributed by atoms with Crippen LogP contribution in [0.4, 0.5) is 5.69 Å². The van der Waals surface area contributed by atoms with Crippen LogP contribution in [-0.2, 0) is 9.53 Å². The molecule has 2 aromatic rings. The van der Waals surface area contributed by atoms with Gasteiger partial charge in [0.15, 0.2) is 6.04 Å². The third kappa shape index (κ3) is 3.44. The molecule has 1 unspecified atom stereocenters. The van der Waals surface area contributed by atoms with Crippen LogP contribution in [-0.4, -0.2) is 22.8 Å². The molecule has 21 heavy (non-hydrogen) atoms. The minimum atomic E-state index is -0.595. The Hall–Kier alpha value is -1.82. The Morgan fingerprint density at radius 3 is 2.71 bits per heavy atom. The number of H-pyrrole nitrogens is 1. The van der Waals surface area contributed by atoms with Crippen LogP contribution in [0.1, 0.15) is 29.9 Å². The maximum atomic E-state index is 12.3. The number of rotatable bonds is 5. The van der Waals surface area contributed by atoms with Gasteiger partial charge in [0.05, 0.1) is 12.3 Å². The van der Waals surface area contributed by atoms with E-state index in [4.69, 9.17) is 4.74 Å². The highest BCUT2D eigenvalue weighted by molar-refractivity contribution is 9.10. The number of nitrogens with one attached hydrogen (secondary N) is 2. The highest BCUT2D eigenvalue weighted by Crippen LogP contribution is 2.29. The number of nitrogens with zero attached hydrogens (tertiary/aromatic N) is 1. The number of carbonyl (C=O) groups excluding carboxylic acids is 1. The molecule has 0 aliphatic heterocycles. The Morgan fingerprint density at radius 2 is 2.14 bits per heavy atom. The van der Waals surface area contributed by atoms with E-state index in [1.165, 1.54) is 0 Å². The summed E-state index contributed by atoms with van der Waals surface area (Å²) in [4.78, 5) is 12.3. The summed E-state index contributed by atoms with van der Waals surface area (Å²) in [6.45, 7) is 5.89. The molecule has 5 nitrogen and oxygen atoms in total. The fraction of sp³-hybridized carbons (Fsp3) is 0.333. The molecular formula is C15H18BrN3O2. The van der Waals surface area contributed by atoms with Crippen molar-refractivity contribution < 1.29 is 9.53 Å². The Morgan fingerprint density at radius 1 is 1.43 bits per heavy atom. The fourth-order valence-corrected chi connectivity index (χ4v) is 2.59. The molecule has 0 aliphatic carbocycles. The summed E-state index contributed by atoms with van der Waals surface area (Å²) in [5.41, 5.74) is 3.29. The maximum absolute atomic E-state index is 12.3. The summed E-state index contributed by atoms with van der Waals surface area (Å²) in [5, 5.41) is 10.3. The van der Waals surface area contributed by atoms with Crippen LogP contribution in [0, 0.1) is 13.8 Å². The first-order valence-corrected chi connectivity index (χ1v) is 7.53. The summed E-state index contributed by atoms with van der Waals surface area (Å²) < 4.78 is 6.08. The second-order valence-electron chi connectivity index (χ2n) is 4.66. The predicted octanol–water partition coefficient (Wildman–Crippen LogP) is 3.51. The second kappa shape index (κ2) is 6.76. The zero-order valence-electron chi connectivity index (χ0n) is 12.2. The lowest BCUT2D eigenvalue weighted by Crippen LogP contribution is -2.24. The Balaban J connectivity index is 2.38. The van der Waals surface area contributed by atoms with Crippen LogP contribution in [0.5, 0.6) is 0 Å². The van der Waals surface area contributed by atoms with E-state index in [0.29, 0.717) is 6.61 Å². The van der Waals surface area contributed by atoms with Crippen LogP contribution in [0.15, 0.2) is 28.7 Å². The highest BCUT2D eigenvalue weighted by Gasteiger charge is 2.27. The fourth-order valence-electron chi connectivity index (χ4n) is 2.19. The first kappa shape index (κ1) is 15.6. The number of esters is 1. The van der Waals surface area contributed by atoms with E-state index in [1.807, 2.05) is 38.1 Å². The number of aromatic nitrogens is 2. The number of para-hydroxylation sites is 1. The molecule has 0 saturated heterocycles. The smallest absolute Gasteiger partial charge is 0.333 e. The van der Waals surface area contributed by atoms with E-state index in [-0.39, 0.29) is 5.97 Å².